The highest BCUT2D eigenvalue weighted by Crippen LogP contribution is 2.33. The molecule has 1 fully saturated rings. The number of nitrogens with zero attached hydrogens (tertiary/aromatic N) is 1. The van der Waals surface area contributed by atoms with Crippen LogP contribution in [-0.4, -0.2) is 24.0 Å². The van der Waals surface area contributed by atoms with Crippen LogP contribution in [0.5, 0.6) is 0 Å². The number of likely N-dealkylation sites (N-methyl/N-ethyl adjacent to an activating group) is 1. The number of benzene rings is 1. The molecule has 1 aromatic rings. The van der Waals surface area contributed by atoms with Crippen LogP contribution >= 0.6 is 11.6 Å². The van der Waals surface area contributed by atoms with Crippen molar-refractivity contribution in [2.24, 2.45) is 11.7 Å². The first-order valence-electron chi connectivity index (χ1n) is 7.72. The van der Waals surface area contributed by atoms with Crippen LogP contribution in [0.25, 0.3) is 0 Å². The number of hydrogen-bond donors (Lipinski definition) is 1. The summed E-state index contributed by atoms with van der Waals surface area (Å²) >= 11 is 6.14. The zero-order chi connectivity index (χ0) is 14.7. The predicted molar refractivity (Wildman–Crippen MR) is 87.0 cm³/mol. The lowest BCUT2D eigenvalue weighted by molar-refractivity contribution is 0.111. The van der Waals surface area contributed by atoms with Crippen LogP contribution in [0.15, 0.2) is 24.3 Å². The van der Waals surface area contributed by atoms with Gasteiger partial charge in [-0.25, -0.2) is 0 Å². The smallest absolute Gasteiger partial charge is 0.0496 e. The van der Waals surface area contributed by atoms with Crippen LogP contribution in [0.2, 0.25) is 5.02 Å². The number of hydrogen-bond acceptors (Lipinski definition) is 2. The molecule has 0 radical (unpaired) electrons. The second-order valence-electron chi connectivity index (χ2n) is 6.44. The maximum Gasteiger partial charge on any atom is 0.0496 e. The molecule has 0 amide bonds. The van der Waals surface area contributed by atoms with E-state index in [-0.39, 0.29) is 12.1 Å². The molecule has 112 valence electrons. The summed E-state index contributed by atoms with van der Waals surface area (Å²) in [6.07, 6.45) is 5.22. The van der Waals surface area contributed by atoms with E-state index in [1.165, 1.54) is 31.2 Å². The molecule has 0 saturated heterocycles. The van der Waals surface area contributed by atoms with E-state index in [2.05, 4.69) is 37.9 Å². The van der Waals surface area contributed by atoms with Gasteiger partial charge in [0.05, 0.1) is 0 Å². The summed E-state index contributed by atoms with van der Waals surface area (Å²) in [7, 11) is 2.22. The van der Waals surface area contributed by atoms with Crippen LogP contribution in [0, 0.1) is 5.92 Å². The minimum absolute atomic E-state index is 0.0952. The quantitative estimate of drug-likeness (QED) is 0.900. The Balaban J connectivity index is 2.16. The van der Waals surface area contributed by atoms with E-state index in [1.54, 1.807) is 0 Å². The molecule has 1 saturated carbocycles. The van der Waals surface area contributed by atoms with Gasteiger partial charge in [0.2, 0.25) is 0 Å². The van der Waals surface area contributed by atoms with Gasteiger partial charge < -0.3 is 5.73 Å². The average molecular weight is 295 g/mol. The summed E-state index contributed by atoms with van der Waals surface area (Å²) < 4.78 is 0. The zero-order valence-electron chi connectivity index (χ0n) is 12.8. The highest BCUT2D eigenvalue weighted by molar-refractivity contribution is 6.30. The highest BCUT2D eigenvalue weighted by Gasteiger charge is 2.29. The molecule has 1 aromatic carbocycles. The van der Waals surface area contributed by atoms with Gasteiger partial charge in [0, 0.05) is 23.1 Å². The van der Waals surface area contributed by atoms with Gasteiger partial charge in [0.25, 0.3) is 0 Å². The number of rotatable bonds is 4. The molecule has 1 aliphatic carbocycles. The van der Waals surface area contributed by atoms with Crippen molar-refractivity contribution in [1.29, 1.82) is 0 Å². The predicted octanol–water partition coefficient (Wildman–Crippen LogP) is 4.24. The molecular formula is C17H27ClN2. The van der Waals surface area contributed by atoms with E-state index in [4.69, 9.17) is 17.3 Å². The van der Waals surface area contributed by atoms with Crippen molar-refractivity contribution in [3.63, 3.8) is 0 Å². The van der Waals surface area contributed by atoms with Crippen LogP contribution in [0.4, 0.5) is 0 Å². The van der Waals surface area contributed by atoms with Crippen molar-refractivity contribution in [3.05, 3.63) is 34.9 Å². The molecule has 3 heteroatoms. The van der Waals surface area contributed by atoms with E-state index in [0.29, 0.717) is 6.04 Å². The lowest BCUT2D eigenvalue weighted by Gasteiger charge is -2.40. The zero-order valence-corrected chi connectivity index (χ0v) is 13.6. The van der Waals surface area contributed by atoms with E-state index < -0.39 is 0 Å². The van der Waals surface area contributed by atoms with Crippen LogP contribution < -0.4 is 5.73 Å². The molecule has 0 aliphatic heterocycles. The third-order valence-electron chi connectivity index (χ3n) is 4.69. The molecular weight excluding hydrogens is 268 g/mol. The Hall–Kier alpha value is -0.570. The van der Waals surface area contributed by atoms with Gasteiger partial charge in [-0.2, -0.15) is 0 Å². The lowest BCUT2D eigenvalue weighted by atomic mass is 9.85. The number of halogens is 1. The molecule has 0 aromatic heterocycles. The lowest BCUT2D eigenvalue weighted by Crippen LogP contribution is -2.44. The molecule has 2 N–H and O–H groups in total. The van der Waals surface area contributed by atoms with E-state index in [0.717, 1.165) is 10.9 Å². The molecule has 20 heavy (non-hydrogen) atoms. The minimum atomic E-state index is 0.0952. The molecule has 0 bridgehead atoms. The fraction of sp³-hybridized carbons (Fsp3) is 0.647. The SMILES string of the molecule is CC1CCC(N(C)C(c2cccc(Cl)c2)C(C)N)CC1. The van der Waals surface area contributed by atoms with E-state index in [9.17, 15) is 0 Å². The van der Waals surface area contributed by atoms with Crippen molar-refractivity contribution in [1.82, 2.24) is 4.90 Å². The molecule has 0 heterocycles. The minimum Gasteiger partial charge on any atom is -0.326 e. The van der Waals surface area contributed by atoms with Crippen molar-refractivity contribution in [2.45, 2.75) is 57.7 Å². The van der Waals surface area contributed by atoms with Gasteiger partial charge in [-0.3, -0.25) is 4.90 Å². The molecule has 2 atom stereocenters. The Morgan fingerprint density at radius 3 is 2.45 bits per heavy atom. The van der Waals surface area contributed by atoms with Gasteiger partial charge >= 0.3 is 0 Å². The Morgan fingerprint density at radius 1 is 1.25 bits per heavy atom. The van der Waals surface area contributed by atoms with Gasteiger partial charge in [-0.15, -0.1) is 0 Å². The maximum absolute atomic E-state index is 6.27. The van der Waals surface area contributed by atoms with Crippen LogP contribution in [0.3, 0.4) is 0 Å². The Kier molecular flexibility index (Phi) is 5.48. The topological polar surface area (TPSA) is 29.3 Å². The van der Waals surface area contributed by atoms with Gasteiger partial charge in [-0.05, 0) is 63.3 Å². The van der Waals surface area contributed by atoms with Gasteiger partial charge in [-0.1, -0.05) is 30.7 Å². The second-order valence-corrected chi connectivity index (χ2v) is 6.87. The molecule has 2 unspecified atom stereocenters. The Morgan fingerprint density at radius 2 is 1.90 bits per heavy atom. The van der Waals surface area contributed by atoms with E-state index >= 15 is 0 Å². The normalized spacial score (nSPS) is 26.5. The summed E-state index contributed by atoms with van der Waals surface area (Å²) in [6, 6.07) is 9.11. The number of nitrogens with two attached hydrogens (primary N) is 1. The molecule has 1 aliphatic rings. The molecule has 0 spiro atoms. The third-order valence-corrected chi connectivity index (χ3v) is 4.92. The van der Waals surface area contributed by atoms with Gasteiger partial charge in [0.15, 0.2) is 0 Å². The first-order chi connectivity index (χ1) is 9.49. The van der Waals surface area contributed by atoms with Crippen molar-refractivity contribution in [2.75, 3.05) is 7.05 Å². The van der Waals surface area contributed by atoms with Crippen LogP contribution in [0.1, 0.15) is 51.1 Å². The Bertz CT molecular complexity index is 425. The monoisotopic (exact) mass is 294 g/mol. The summed E-state index contributed by atoms with van der Waals surface area (Å²) in [5, 5.41) is 0.791. The Labute approximate surface area is 128 Å². The summed E-state index contributed by atoms with van der Waals surface area (Å²) in [4.78, 5) is 2.47. The van der Waals surface area contributed by atoms with Crippen LogP contribution in [-0.2, 0) is 0 Å². The average Bonchev–Trinajstić information content (AvgIpc) is 2.39. The molecule has 2 rings (SSSR count). The fourth-order valence-electron chi connectivity index (χ4n) is 3.48. The first kappa shape index (κ1) is 15.8. The van der Waals surface area contributed by atoms with Crippen molar-refractivity contribution >= 4 is 11.6 Å². The fourth-order valence-corrected chi connectivity index (χ4v) is 3.68. The summed E-state index contributed by atoms with van der Waals surface area (Å²) in [5.74, 6) is 0.875. The summed E-state index contributed by atoms with van der Waals surface area (Å²) in [5.41, 5.74) is 7.50. The third kappa shape index (κ3) is 3.75. The highest BCUT2D eigenvalue weighted by atomic mass is 35.5. The van der Waals surface area contributed by atoms with Gasteiger partial charge in [0.1, 0.15) is 0 Å². The maximum atomic E-state index is 6.27. The molecule has 2 nitrogen and oxygen atoms in total. The van der Waals surface area contributed by atoms with Crippen molar-refractivity contribution < 1.29 is 0 Å². The van der Waals surface area contributed by atoms with Crippen molar-refractivity contribution in [3.8, 4) is 0 Å². The van der Waals surface area contributed by atoms with E-state index in [1.807, 2.05) is 12.1 Å². The summed E-state index contributed by atoms with van der Waals surface area (Å²) in [6.45, 7) is 4.45. The second kappa shape index (κ2) is 6.93. The standard InChI is InChI=1S/C17H27ClN2/c1-12-7-9-16(10-8-12)20(3)17(13(2)19)14-5-4-6-15(18)11-14/h4-6,11-13,16-17H,7-10,19H2,1-3H3. The first-order valence-corrected chi connectivity index (χ1v) is 8.09. The largest absolute Gasteiger partial charge is 0.326 e.